The molecule has 0 saturated carbocycles. The third-order valence-electron chi connectivity index (χ3n) is 4.19. The summed E-state index contributed by atoms with van der Waals surface area (Å²) in [6.45, 7) is -0.662. The lowest BCUT2D eigenvalue weighted by Crippen LogP contribution is -2.35. The van der Waals surface area contributed by atoms with Gasteiger partial charge in [-0.25, -0.2) is 13.2 Å². The molecule has 31 heavy (non-hydrogen) atoms. The van der Waals surface area contributed by atoms with Crippen molar-refractivity contribution in [3.05, 3.63) is 84.2 Å². The number of carbonyl (C=O) groups is 3. The highest BCUT2D eigenvalue weighted by Crippen LogP contribution is 2.16. The van der Waals surface area contributed by atoms with Gasteiger partial charge in [0.05, 0.1) is 10.5 Å². The van der Waals surface area contributed by atoms with E-state index in [1.54, 1.807) is 49.6 Å². The number of nitrogens with one attached hydrogen (secondary N) is 2. The monoisotopic (exact) mass is 441 g/mol. The second kappa shape index (κ2) is 9.26. The smallest absolute Gasteiger partial charge is 0.338 e. The van der Waals surface area contributed by atoms with Crippen LogP contribution in [0.5, 0.6) is 0 Å². The summed E-state index contributed by atoms with van der Waals surface area (Å²) in [4.78, 5) is 35.9. The molecule has 0 aliphatic heterocycles. The Hall–Kier alpha value is -3.92. The zero-order chi connectivity index (χ0) is 22.4. The standard InChI is InChI=1S/C21H19N3O6S/c1-24-13-5-8-18(24)20(26)22-19(25)14-30-21(27)15-9-11-17(12-10-15)31(28,29)23-16-6-3-2-4-7-16/h2-13,23H,14H2,1H3,(H,22,25,26). The van der Waals surface area contributed by atoms with Crippen molar-refractivity contribution in [3.8, 4) is 0 Å². The van der Waals surface area contributed by atoms with Gasteiger partial charge in [0.15, 0.2) is 6.61 Å². The van der Waals surface area contributed by atoms with Gasteiger partial charge >= 0.3 is 5.97 Å². The molecule has 3 aromatic rings. The van der Waals surface area contributed by atoms with E-state index in [0.717, 1.165) is 0 Å². The van der Waals surface area contributed by atoms with Crippen LogP contribution >= 0.6 is 0 Å². The molecule has 2 N–H and O–H groups in total. The van der Waals surface area contributed by atoms with E-state index in [1.807, 2.05) is 0 Å². The van der Waals surface area contributed by atoms with Crippen LogP contribution in [0.1, 0.15) is 20.8 Å². The highest BCUT2D eigenvalue weighted by molar-refractivity contribution is 7.92. The molecule has 1 heterocycles. The van der Waals surface area contributed by atoms with E-state index < -0.39 is 34.4 Å². The summed E-state index contributed by atoms with van der Waals surface area (Å²) in [5.41, 5.74) is 0.739. The SMILES string of the molecule is Cn1cccc1C(=O)NC(=O)COC(=O)c1ccc(S(=O)(=O)Nc2ccccc2)cc1. The topological polar surface area (TPSA) is 124 Å². The lowest BCUT2D eigenvalue weighted by atomic mass is 10.2. The van der Waals surface area contributed by atoms with Crippen molar-refractivity contribution in [3.63, 3.8) is 0 Å². The molecule has 3 rings (SSSR count). The Labute approximate surface area is 178 Å². The van der Waals surface area contributed by atoms with E-state index >= 15 is 0 Å². The van der Waals surface area contributed by atoms with E-state index in [-0.39, 0.29) is 16.2 Å². The Kier molecular flexibility index (Phi) is 6.51. The largest absolute Gasteiger partial charge is 0.452 e. The van der Waals surface area contributed by atoms with Crippen molar-refractivity contribution in [1.29, 1.82) is 0 Å². The zero-order valence-electron chi connectivity index (χ0n) is 16.4. The number of para-hydroxylation sites is 1. The number of hydrogen-bond acceptors (Lipinski definition) is 6. The van der Waals surface area contributed by atoms with Crippen LogP contribution < -0.4 is 10.0 Å². The summed E-state index contributed by atoms with van der Waals surface area (Å²) in [6, 6.07) is 16.6. The quantitative estimate of drug-likeness (QED) is 0.540. The van der Waals surface area contributed by atoms with E-state index in [4.69, 9.17) is 4.74 Å². The van der Waals surface area contributed by atoms with Crippen LogP contribution in [0.2, 0.25) is 0 Å². The van der Waals surface area contributed by atoms with Gasteiger partial charge in [0.25, 0.3) is 21.8 Å². The van der Waals surface area contributed by atoms with Gasteiger partial charge in [-0.15, -0.1) is 0 Å². The number of esters is 1. The van der Waals surface area contributed by atoms with Gasteiger partial charge in [0.2, 0.25) is 0 Å². The zero-order valence-corrected chi connectivity index (χ0v) is 17.3. The molecule has 0 fully saturated rings. The average Bonchev–Trinajstić information content (AvgIpc) is 3.18. The van der Waals surface area contributed by atoms with Crippen LogP contribution in [-0.2, 0) is 26.6 Å². The van der Waals surface area contributed by atoms with E-state index in [1.165, 1.54) is 34.9 Å². The van der Waals surface area contributed by atoms with Crippen molar-refractivity contribution in [2.24, 2.45) is 7.05 Å². The van der Waals surface area contributed by atoms with Crippen molar-refractivity contribution in [2.75, 3.05) is 11.3 Å². The van der Waals surface area contributed by atoms with Crippen LogP contribution in [0, 0.1) is 0 Å². The number of sulfonamides is 1. The first-order valence-electron chi connectivity index (χ1n) is 9.07. The third kappa shape index (κ3) is 5.58. The second-order valence-corrected chi connectivity index (χ2v) is 8.14. The first kappa shape index (κ1) is 21.8. The maximum absolute atomic E-state index is 12.4. The highest BCUT2D eigenvalue weighted by atomic mass is 32.2. The summed E-state index contributed by atoms with van der Waals surface area (Å²) >= 11 is 0. The fourth-order valence-corrected chi connectivity index (χ4v) is 3.69. The Morgan fingerprint density at radius 3 is 2.23 bits per heavy atom. The number of amides is 2. The maximum atomic E-state index is 12.4. The highest BCUT2D eigenvalue weighted by Gasteiger charge is 2.17. The minimum atomic E-state index is -3.83. The molecule has 0 atom stereocenters. The minimum absolute atomic E-state index is 0.0428. The molecule has 0 aliphatic carbocycles. The molecular weight excluding hydrogens is 422 g/mol. The minimum Gasteiger partial charge on any atom is -0.452 e. The molecule has 160 valence electrons. The molecule has 0 aliphatic rings. The Balaban J connectivity index is 1.56. The lowest BCUT2D eigenvalue weighted by molar-refractivity contribution is -0.123. The number of anilines is 1. The summed E-state index contributed by atoms with van der Waals surface area (Å²) in [5.74, 6) is -2.23. The molecule has 0 saturated heterocycles. The van der Waals surface area contributed by atoms with Crippen molar-refractivity contribution in [2.45, 2.75) is 4.90 Å². The second-order valence-electron chi connectivity index (χ2n) is 6.45. The fourth-order valence-electron chi connectivity index (χ4n) is 2.63. The van der Waals surface area contributed by atoms with E-state index in [2.05, 4.69) is 10.0 Å². The Morgan fingerprint density at radius 1 is 0.935 bits per heavy atom. The number of imide groups is 1. The van der Waals surface area contributed by atoms with Crippen LogP contribution in [-0.4, -0.2) is 37.4 Å². The van der Waals surface area contributed by atoms with Crippen LogP contribution in [0.3, 0.4) is 0 Å². The normalized spacial score (nSPS) is 10.9. The lowest BCUT2D eigenvalue weighted by Gasteiger charge is -2.09. The number of benzene rings is 2. The fraction of sp³-hybridized carbons (Fsp3) is 0.0952. The number of aryl methyl sites for hydroxylation is 1. The van der Waals surface area contributed by atoms with Crippen LogP contribution in [0.4, 0.5) is 5.69 Å². The van der Waals surface area contributed by atoms with Gasteiger partial charge in [0, 0.05) is 18.9 Å². The number of nitrogens with zero attached hydrogens (tertiary/aromatic N) is 1. The summed E-state index contributed by atoms with van der Waals surface area (Å²) < 4.78 is 33.7. The molecule has 2 aromatic carbocycles. The number of hydrogen-bond donors (Lipinski definition) is 2. The summed E-state index contributed by atoms with van der Waals surface area (Å²) in [7, 11) is -2.17. The first-order chi connectivity index (χ1) is 14.8. The van der Waals surface area contributed by atoms with Crippen molar-refractivity contribution < 1.29 is 27.5 Å². The molecular formula is C21H19N3O6S. The van der Waals surface area contributed by atoms with Gasteiger partial charge < -0.3 is 9.30 Å². The predicted molar refractivity (Wildman–Crippen MR) is 112 cm³/mol. The Morgan fingerprint density at radius 2 is 1.61 bits per heavy atom. The third-order valence-corrected chi connectivity index (χ3v) is 5.59. The first-order valence-corrected chi connectivity index (χ1v) is 10.5. The van der Waals surface area contributed by atoms with Crippen molar-refractivity contribution in [1.82, 2.24) is 9.88 Å². The molecule has 9 nitrogen and oxygen atoms in total. The number of ether oxygens (including phenoxy) is 1. The van der Waals surface area contributed by atoms with Gasteiger partial charge in [-0.05, 0) is 48.5 Å². The molecule has 0 unspecified atom stereocenters. The van der Waals surface area contributed by atoms with Crippen molar-refractivity contribution >= 4 is 33.5 Å². The Bertz CT molecular complexity index is 1200. The number of rotatable bonds is 7. The summed E-state index contributed by atoms with van der Waals surface area (Å²) in [6.07, 6.45) is 1.65. The van der Waals surface area contributed by atoms with Gasteiger partial charge in [-0.1, -0.05) is 18.2 Å². The van der Waals surface area contributed by atoms with Gasteiger partial charge in [0.1, 0.15) is 5.69 Å². The van der Waals surface area contributed by atoms with Gasteiger partial charge in [-0.2, -0.15) is 0 Å². The molecule has 0 radical (unpaired) electrons. The summed E-state index contributed by atoms with van der Waals surface area (Å²) in [5, 5.41) is 2.12. The molecule has 1 aromatic heterocycles. The molecule has 0 bridgehead atoms. The van der Waals surface area contributed by atoms with Crippen LogP contribution in [0.25, 0.3) is 0 Å². The average molecular weight is 441 g/mol. The maximum Gasteiger partial charge on any atom is 0.338 e. The van der Waals surface area contributed by atoms with E-state index in [0.29, 0.717) is 5.69 Å². The van der Waals surface area contributed by atoms with E-state index in [9.17, 15) is 22.8 Å². The predicted octanol–water partition coefficient (Wildman–Crippen LogP) is 1.94. The van der Waals surface area contributed by atoms with Crippen LogP contribution in [0.15, 0.2) is 77.8 Å². The van der Waals surface area contributed by atoms with Gasteiger partial charge in [-0.3, -0.25) is 19.6 Å². The molecule has 0 spiro atoms. The number of carbonyl (C=O) groups excluding carboxylic acids is 3. The number of aromatic nitrogens is 1. The molecule has 10 heteroatoms. The molecule has 2 amide bonds.